The summed E-state index contributed by atoms with van der Waals surface area (Å²) in [6.45, 7) is -0.622. The molecule has 164 valence electrons. The average molecular weight is 432 g/mol. The first-order valence-corrected chi connectivity index (χ1v) is 9.35. The third-order valence-electron chi connectivity index (χ3n) is 5.11. The van der Waals surface area contributed by atoms with E-state index in [2.05, 4.69) is 0 Å². The van der Waals surface area contributed by atoms with E-state index in [1.807, 2.05) is 0 Å². The van der Waals surface area contributed by atoms with Crippen LogP contribution >= 0.6 is 0 Å². The number of benzene rings is 2. The maximum atomic E-state index is 12.9. The van der Waals surface area contributed by atoms with Gasteiger partial charge in [0.1, 0.15) is 58.9 Å². The van der Waals surface area contributed by atoms with Gasteiger partial charge in [-0.15, -0.1) is 0 Å². The summed E-state index contributed by atoms with van der Waals surface area (Å²) >= 11 is 0. The highest BCUT2D eigenvalue weighted by Crippen LogP contribution is 2.32. The molecule has 1 saturated heterocycles. The molecular formula is C21H20O10. The van der Waals surface area contributed by atoms with E-state index in [0.29, 0.717) is 5.56 Å². The topological polar surface area (TPSA) is 170 Å². The molecule has 0 radical (unpaired) electrons. The highest BCUT2D eigenvalue weighted by molar-refractivity contribution is 5.88. The molecule has 0 amide bonds. The van der Waals surface area contributed by atoms with E-state index in [0.717, 1.165) is 6.07 Å². The number of rotatable bonds is 4. The van der Waals surface area contributed by atoms with Gasteiger partial charge in [-0.2, -0.15) is 0 Å². The van der Waals surface area contributed by atoms with Crippen molar-refractivity contribution >= 4 is 11.0 Å². The summed E-state index contributed by atoms with van der Waals surface area (Å²) < 4.78 is 16.2. The summed E-state index contributed by atoms with van der Waals surface area (Å²) in [5, 5.41) is 58.8. The lowest BCUT2D eigenvalue weighted by molar-refractivity contribution is -0.277. The lowest BCUT2D eigenvalue weighted by atomic mass is 9.99. The minimum Gasteiger partial charge on any atom is -0.508 e. The monoisotopic (exact) mass is 432 g/mol. The van der Waals surface area contributed by atoms with Gasteiger partial charge in [-0.1, -0.05) is 12.1 Å². The fourth-order valence-corrected chi connectivity index (χ4v) is 3.41. The van der Waals surface area contributed by atoms with Crippen LogP contribution in [0.4, 0.5) is 0 Å². The average Bonchev–Trinajstić information content (AvgIpc) is 2.75. The number of aliphatic hydroxyl groups is 4. The summed E-state index contributed by atoms with van der Waals surface area (Å²) in [6, 6.07) is 8.29. The second-order valence-corrected chi connectivity index (χ2v) is 7.16. The number of hydrogen-bond donors (Lipinski definition) is 6. The Morgan fingerprint density at radius 2 is 1.68 bits per heavy atom. The van der Waals surface area contributed by atoms with Gasteiger partial charge in [0.05, 0.1) is 12.2 Å². The molecule has 0 unspecified atom stereocenters. The Labute approximate surface area is 174 Å². The third-order valence-corrected chi connectivity index (χ3v) is 5.11. The van der Waals surface area contributed by atoms with Crippen LogP contribution in [0.25, 0.3) is 22.1 Å². The summed E-state index contributed by atoms with van der Waals surface area (Å²) in [5.74, 6) is -0.465. The van der Waals surface area contributed by atoms with Gasteiger partial charge in [-0.25, -0.2) is 0 Å². The molecule has 10 heteroatoms. The Bertz CT molecular complexity index is 1140. The number of phenols is 2. The van der Waals surface area contributed by atoms with Crippen LogP contribution in [0.15, 0.2) is 51.9 Å². The fourth-order valence-electron chi connectivity index (χ4n) is 3.41. The molecule has 1 aliphatic rings. The third kappa shape index (κ3) is 3.82. The van der Waals surface area contributed by atoms with Gasteiger partial charge in [0.25, 0.3) is 0 Å². The van der Waals surface area contributed by atoms with Gasteiger partial charge < -0.3 is 44.5 Å². The fraction of sp³-hybridized carbons (Fsp3) is 0.286. The number of aromatic hydroxyl groups is 2. The van der Waals surface area contributed by atoms with E-state index in [4.69, 9.17) is 13.9 Å². The molecule has 2 heterocycles. The number of phenolic OH excluding ortho intramolecular Hbond substituents is 2. The highest BCUT2D eigenvalue weighted by atomic mass is 16.7. The van der Waals surface area contributed by atoms with E-state index >= 15 is 0 Å². The van der Waals surface area contributed by atoms with Crippen molar-refractivity contribution in [3.8, 4) is 28.4 Å². The zero-order chi connectivity index (χ0) is 22.3. The van der Waals surface area contributed by atoms with E-state index < -0.39 is 48.5 Å². The molecule has 4 rings (SSSR count). The van der Waals surface area contributed by atoms with Crippen molar-refractivity contribution in [1.82, 2.24) is 0 Å². The molecule has 31 heavy (non-hydrogen) atoms. The molecule has 0 saturated carbocycles. The van der Waals surface area contributed by atoms with Crippen LogP contribution in [0.5, 0.6) is 17.2 Å². The first-order valence-electron chi connectivity index (χ1n) is 9.35. The second-order valence-electron chi connectivity index (χ2n) is 7.16. The Kier molecular flexibility index (Phi) is 5.56. The van der Waals surface area contributed by atoms with Gasteiger partial charge in [-0.3, -0.25) is 4.79 Å². The molecule has 10 nitrogen and oxygen atoms in total. The van der Waals surface area contributed by atoms with Crippen LogP contribution in [-0.4, -0.2) is 68.0 Å². The van der Waals surface area contributed by atoms with Crippen LogP contribution in [0.3, 0.4) is 0 Å². The maximum absolute atomic E-state index is 12.9. The van der Waals surface area contributed by atoms with Gasteiger partial charge >= 0.3 is 0 Å². The molecule has 1 fully saturated rings. The SMILES string of the molecule is O=c1c(-c2ccc(O)cc2)coc2cc(O[C@@H]3O[C@H](CO)[C@@H](O)[C@@H](O)[C@@H]3O)cc(O)c12. The predicted molar refractivity (Wildman–Crippen MR) is 106 cm³/mol. The van der Waals surface area contributed by atoms with Gasteiger partial charge in [0, 0.05) is 12.1 Å². The lowest BCUT2D eigenvalue weighted by Gasteiger charge is -2.39. The largest absolute Gasteiger partial charge is 0.508 e. The Hall–Kier alpha value is -3.15. The Balaban J connectivity index is 1.68. The predicted octanol–water partition coefficient (Wildman–Crippen LogP) is 0.0499. The van der Waals surface area contributed by atoms with Crippen molar-refractivity contribution in [1.29, 1.82) is 0 Å². The minimum atomic E-state index is -1.64. The standard InChI is InChI=1S/C21H20O10/c22-7-15-18(26)19(27)20(28)21(31-15)30-11-5-13(24)16-14(6-11)29-8-12(17(16)25)9-1-3-10(23)4-2-9/h1-6,8,15,18-24,26-28H,7H2/t15-,18-,19-,20+,21-/m1/s1. The summed E-state index contributed by atoms with van der Waals surface area (Å²) in [5.41, 5.74) is 0.135. The zero-order valence-corrected chi connectivity index (χ0v) is 16.0. The smallest absolute Gasteiger partial charge is 0.229 e. The maximum Gasteiger partial charge on any atom is 0.229 e. The van der Waals surface area contributed by atoms with Crippen molar-refractivity contribution in [2.45, 2.75) is 30.7 Å². The van der Waals surface area contributed by atoms with Crippen molar-refractivity contribution < 1.29 is 44.5 Å². The molecule has 2 aromatic carbocycles. The molecule has 5 atom stereocenters. The summed E-state index contributed by atoms with van der Waals surface area (Å²) in [4.78, 5) is 12.9. The molecule has 1 aliphatic heterocycles. The van der Waals surface area contributed by atoms with Crippen LogP contribution in [0.2, 0.25) is 0 Å². The summed E-state index contributed by atoms with van der Waals surface area (Å²) in [7, 11) is 0. The first-order chi connectivity index (χ1) is 14.8. The number of fused-ring (bicyclic) bond motifs is 1. The normalized spacial score (nSPS) is 26.1. The Morgan fingerprint density at radius 1 is 0.968 bits per heavy atom. The van der Waals surface area contributed by atoms with Gasteiger partial charge in [0.2, 0.25) is 11.7 Å². The van der Waals surface area contributed by atoms with Crippen LogP contribution in [0.1, 0.15) is 0 Å². The van der Waals surface area contributed by atoms with Crippen LogP contribution in [0, 0.1) is 0 Å². The molecule has 0 aliphatic carbocycles. The highest BCUT2D eigenvalue weighted by Gasteiger charge is 2.44. The zero-order valence-electron chi connectivity index (χ0n) is 16.0. The van der Waals surface area contributed by atoms with Crippen molar-refractivity contribution in [2.24, 2.45) is 0 Å². The molecule has 0 bridgehead atoms. The lowest BCUT2D eigenvalue weighted by Crippen LogP contribution is -2.60. The second kappa shape index (κ2) is 8.17. The van der Waals surface area contributed by atoms with Gasteiger partial charge in [0.15, 0.2) is 0 Å². The van der Waals surface area contributed by atoms with Gasteiger partial charge in [-0.05, 0) is 17.7 Å². The van der Waals surface area contributed by atoms with E-state index in [-0.39, 0.29) is 28.0 Å². The number of ether oxygens (including phenoxy) is 2. The van der Waals surface area contributed by atoms with E-state index in [9.17, 15) is 35.4 Å². The van der Waals surface area contributed by atoms with Crippen molar-refractivity contribution in [3.63, 3.8) is 0 Å². The quantitative estimate of drug-likeness (QED) is 0.331. The first kappa shape index (κ1) is 21.1. The molecule has 3 aromatic rings. The Morgan fingerprint density at radius 3 is 2.35 bits per heavy atom. The van der Waals surface area contributed by atoms with E-state index in [1.165, 1.54) is 36.6 Å². The molecular weight excluding hydrogens is 412 g/mol. The minimum absolute atomic E-state index is 0.00730. The van der Waals surface area contributed by atoms with E-state index in [1.54, 1.807) is 0 Å². The summed E-state index contributed by atoms with van der Waals surface area (Å²) in [6.07, 6.45) is -6.23. The molecule has 0 spiro atoms. The van der Waals surface area contributed by atoms with Crippen LogP contribution in [-0.2, 0) is 4.74 Å². The van der Waals surface area contributed by atoms with Crippen molar-refractivity contribution in [2.75, 3.05) is 6.61 Å². The van der Waals surface area contributed by atoms with Crippen LogP contribution < -0.4 is 10.2 Å². The number of hydrogen-bond acceptors (Lipinski definition) is 10. The molecule has 6 N–H and O–H groups in total. The number of aliphatic hydroxyl groups excluding tert-OH is 4. The van der Waals surface area contributed by atoms with Crippen molar-refractivity contribution in [3.05, 3.63) is 52.9 Å². The molecule has 1 aromatic heterocycles.